The van der Waals surface area contributed by atoms with Crippen molar-refractivity contribution in [2.75, 3.05) is 5.43 Å². The first-order chi connectivity index (χ1) is 14.8. The van der Waals surface area contributed by atoms with Gasteiger partial charge in [0.15, 0.2) is 0 Å². The summed E-state index contributed by atoms with van der Waals surface area (Å²) in [5.74, 6) is -0.409. The monoisotopic (exact) mass is 484 g/mol. The number of hydrogen-bond acceptors (Lipinski definition) is 6. The minimum absolute atomic E-state index is 0.0236. The molecule has 3 aromatic carbocycles. The Morgan fingerprint density at radius 2 is 1.71 bits per heavy atom. The van der Waals surface area contributed by atoms with Crippen molar-refractivity contribution in [3.63, 3.8) is 0 Å². The molecule has 0 spiro atoms. The Hall–Kier alpha value is -3.92. The van der Waals surface area contributed by atoms with Crippen molar-refractivity contribution in [3.05, 3.63) is 114 Å². The van der Waals surface area contributed by atoms with Gasteiger partial charge in [-0.1, -0.05) is 46.3 Å². The molecule has 8 nitrogen and oxygen atoms in total. The lowest BCUT2D eigenvalue weighted by atomic mass is 10.1. The van der Waals surface area contributed by atoms with Crippen molar-refractivity contribution >= 4 is 44.8 Å². The summed E-state index contributed by atoms with van der Waals surface area (Å²) in [6, 6.07) is 16.5. The van der Waals surface area contributed by atoms with Gasteiger partial charge < -0.3 is 0 Å². The molecule has 10 heteroatoms. The first kappa shape index (κ1) is 21.8. The molecule has 0 aliphatic heterocycles. The Kier molecular flexibility index (Phi) is 6.83. The fraction of sp³-hybridized carbons (Fsp3) is 0. The smallest absolute Gasteiger partial charge is 0.271 e. The van der Waals surface area contributed by atoms with Crippen molar-refractivity contribution in [2.45, 2.75) is 0 Å². The van der Waals surface area contributed by atoms with Crippen molar-refractivity contribution in [3.8, 4) is 0 Å². The number of nitro benzene ring substituents is 2. The molecule has 31 heavy (non-hydrogen) atoms. The van der Waals surface area contributed by atoms with Crippen LogP contribution in [0.5, 0.6) is 0 Å². The maximum absolute atomic E-state index is 13.9. The van der Waals surface area contributed by atoms with E-state index in [2.05, 4.69) is 26.5 Å². The zero-order valence-electron chi connectivity index (χ0n) is 15.7. The Labute approximate surface area is 184 Å². The van der Waals surface area contributed by atoms with Crippen molar-refractivity contribution in [1.29, 1.82) is 0 Å². The van der Waals surface area contributed by atoms with Gasteiger partial charge in [-0.05, 0) is 36.4 Å². The summed E-state index contributed by atoms with van der Waals surface area (Å²) in [6.07, 6.45) is 3.09. The third kappa shape index (κ3) is 5.58. The Morgan fingerprint density at radius 3 is 2.35 bits per heavy atom. The number of benzene rings is 3. The minimum atomic E-state index is -0.737. The van der Waals surface area contributed by atoms with Crippen LogP contribution in [0.1, 0.15) is 11.1 Å². The molecule has 0 saturated carbocycles. The minimum Gasteiger partial charge on any atom is -0.271 e. The Balaban J connectivity index is 2.00. The average molecular weight is 485 g/mol. The van der Waals surface area contributed by atoms with Crippen LogP contribution in [0.15, 0.2) is 82.4 Å². The molecule has 0 saturated heterocycles. The van der Waals surface area contributed by atoms with E-state index in [1.165, 1.54) is 18.2 Å². The molecular formula is C21H14BrFN4O4. The van der Waals surface area contributed by atoms with E-state index in [0.717, 1.165) is 16.6 Å². The average Bonchev–Trinajstić information content (AvgIpc) is 2.75. The zero-order valence-corrected chi connectivity index (χ0v) is 17.3. The summed E-state index contributed by atoms with van der Waals surface area (Å²) in [5.41, 5.74) is 3.03. The van der Waals surface area contributed by atoms with Gasteiger partial charge in [-0.3, -0.25) is 25.7 Å². The van der Waals surface area contributed by atoms with Crippen LogP contribution < -0.4 is 5.43 Å². The van der Waals surface area contributed by atoms with E-state index in [4.69, 9.17) is 0 Å². The molecule has 156 valence electrons. The molecule has 0 aliphatic rings. The number of halogens is 2. The van der Waals surface area contributed by atoms with E-state index in [9.17, 15) is 24.6 Å². The highest BCUT2D eigenvalue weighted by atomic mass is 79.9. The summed E-state index contributed by atoms with van der Waals surface area (Å²) in [6.45, 7) is 0. The number of anilines is 1. The van der Waals surface area contributed by atoms with Crippen LogP contribution in [-0.2, 0) is 0 Å². The molecule has 3 aromatic rings. The molecule has 0 radical (unpaired) electrons. The number of hydrazone groups is 1. The van der Waals surface area contributed by atoms with E-state index < -0.39 is 27.0 Å². The van der Waals surface area contributed by atoms with E-state index >= 15 is 0 Å². The molecule has 0 fully saturated rings. The summed E-state index contributed by atoms with van der Waals surface area (Å²) < 4.78 is 14.8. The van der Waals surface area contributed by atoms with Gasteiger partial charge in [-0.15, -0.1) is 0 Å². The fourth-order valence-electron chi connectivity index (χ4n) is 2.60. The van der Waals surface area contributed by atoms with Gasteiger partial charge in [0, 0.05) is 21.7 Å². The van der Waals surface area contributed by atoms with Crippen LogP contribution in [0, 0.1) is 26.0 Å². The summed E-state index contributed by atoms with van der Waals surface area (Å²) in [5, 5.41) is 26.5. The maximum atomic E-state index is 13.9. The zero-order chi connectivity index (χ0) is 22.4. The quantitative estimate of drug-likeness (QED) is 0.253. The lowest BCUT2D eigenvalue weighted by Gasteiger charge is -2.06. The van der Waals surface area contributed by atoms with Crippen LogP contribution >= 0.6 is 15.9 Å². The summed E-state index contributed by atoms with van der Waals surface area (Å²) >= 11 is 3.35. The van der Waals surface area contributed by atoms with Crippen molar-refractivity contribution in [2.24, 2.45) is 5.10 Å². The molecule has 0 unspecified atom stereocenters. The molecule has 0 heterocycles. The van der Waals surface area contributed by atoms with Gasteiger partial charge in [0.25, 0.3) is 5.69 Å². The van der Waals surface area contributed by atoms with Gasteiger partial charge in [0.2, 0.25) is 0 Å². The Bertz CT molecular complexity index is 1200. The molecule has 0 aliphatic carbocycles. The number of allylic oxidation sites excluding steroid dienone is 1. The van der Waals surface area contributed by atoms with Gasteiger partial charge in [0.05, 0.1) is 21.6 Å². The number of nitrogens with zero attached hydrogens (tertiary/aromatic N) is 3. The summed E-state index contributed by atoms with van der Waals surface area (Å²) in [7, 11) is 0. The second-order valence-electron chi connectivity index (χ2n) is 6.19. The third-order valence-corrected chi connectivity index (χ3v) is 4.68. The number of nitro groups is 2. The molecule has 0 atom stereocenters. The highest BCUT2D eigenvalue weighted by Gasteiger charge is 2.19. The molecule has 0 amide bonds. The lowest BCUT2D eigenvalue weighted by molar-refractivity contribution is -0.393. The van der Waals surface area contributed by atoms with Gasteiger partial charge in [0.1, 0.15) is 11.5 Å². The van der Waals surface area contributed by atoms with Gasteiger partial charge in [-0.25, -0.2) is 4.39 Å². The normalized spacial score (nSPS) is 11.5. The van der Waals surface area contributed by atoms with E-state index in [1.807, 2.05) is 0 Å². The predicted molar refractivity (Wildman–Crippen MR) is 119 cm³/mol. The van der Waals surface area contributed by atoms with Crippen molar-refractivity contribution in [1.82, 2.24) is 0 Å². The number of non-ortho nitro benzene ring substituents is 1. The topological polar surface area (TPSA) is 111 Å². The maximum Gasteiger partial charge on any atom is 0.301 e. The van der Waals surface area contributed by atoms with Crippen LogP contribution in [0.25, 0.3) is 6.08 Å². The molecule has 3 rings (SSSR count). The highest BCUT2D eigenvalue weighted by molar-refractivity contribution is 9.10. The van der Waals surface area contributed by atoms with E-state index in [1.54, 1.807) is 48.5 Å². The largest absolute Gasteiger partial charge is 0.301 e. The second kappa shape index (κ2) is 9.72. The number of rotatable bonds is 7. The predicted octanol–water partition coefficient (Wildman–Crippen LogP) is 5.93. The number of nitrogens with one attached hydrogen (secondary N) is 1. The van der Waals surface area contributed by atoms with Crippen LogP contribution in [0.2, 0.25) is 0 Å². The molecular weight excluding hydrogens is 471 g/mol. The van der Waals surface area contributed by atoms with Crippen molar-refractivity contribution < 1.29 is 14.2 Å². The SMILES string of the molecule is O=[N+]([O-])c1ccc(N/N=C(/C=C/c2ccccc2F)c2ccc(Br)cc2)c([N+](=O)[O-])c1. The van der Waals surface area contributed by atoms with Crippen LogP contribution in [0.3, 0.4) is 0 Å². The van der Waals surface area contributed by atoms with Crippen LogP contribution in [0.4, 0.5) is 21.5 Å². The number of hydrogen-bond donors (Lipinski definition) is 1. The molecule has 0 bridgehead atoms. The Morgan fingerprint density at radius 1 is 1.00 bits per heavy atom. The van der Waals surface area contributed by atoms with E-state index in [0.29, 0.717) is 16.8 Å². The van der Waals surface area contributed by atoms with Gasteiger partial charge in [-0.2, -0.15) is 5.10 Å². The lowest BCUT2D eigenvalue weighted by Crippen LogP contribution is -2.03. The second-order valence-corrected chi connectivity index (χ2v) is 7.10. The van der Waals surface area contributed by atoms with Gasteiger partial charge >= 0.3 is 5.69 Å². The molecule has 1 N–H and O–H groups in total. The summed E-state index contributed by atoms with van der Waals surface area (Å²) in [4.78, 5) is 20.8. The first-order valence-electron chi connectivity index (χ1n) is 8.80. The highest BCUT2D eigenvalue weighted by Crippen LogP contribution is 2.29. The fourth-order valence-corrected chi connectivity index (χ4v) is 2.86. The standard InChI is InChI=1S/C21H14BrFN4O4/c22-16-8-5-15(6-9-16)19(11-7-14-3-1-2-4-18(14)23)24-25-20-12-10-17(26(28)29)13-21(20)27(30)31/h1-13,25H/b11-7+,24-19-. The third-order valence-electron chi connectivity index (χ3n) is 4.15. The molecule has 0 aromatic heterocycles. The van der Waals surface area contributed by atoms with Crippen LogP contribution in [-0.4, -0.2) is 15.6 Å². The van der Waals surface area contributed by atoms with E-state index in [-0.39, 0.29) is 5.69 Å². The first-order valence-corrected chi connectivity index (χ1v) is 9.59.